The molecule has 146 valence electrons. The van der Waals surface area contributed by atoms with Gasteiger partial charge in [-0.15, -0.1) is 0 Å². The number of phosphoric ester groups is 1. The van der Waals surface area contributed by atoms with Crippen LogP contribution in [0.3, 0.4) is 0 Å². The highest BCUT2D eigenvalue weighted by Gasteiger charge is 2.61. The normalized spacial score (nSPS) is 38.6. The van der Waals surface area contributed by atoms with Gasteiger partial charge in [-0.1, -0.05) is 5.11 Å². The lowest BCUT2D eigenvalue weighted by Crippen LogP contribution is -2.48. The Balaban J connectivity index is 1.68. The van der Waals surface area contributed by atoms with E-state index in [4.69, 9.17) is 23.8 Å². The molecule has 2 saturated heterocycles. The van der Waals surface area contributed by atoms with E-state index in [9.17, 15) is 14.2 Å². The molecule has 1 unspecified atom stereocenters. The van der Waals surface area contributed by atoms with Gasteiger partial charge in [-0.3, -0.25) is 27.9 Å². The number of fused-ring (bicyclic) bond motifs is 1. The SMILES string of the molecule is C[C@@]1(N=[N+]=[N-])C2O[P@](=O)(OC3CCC3)OC[C@H]2O[C@H]1n1ccc(=O)[nH]c1=O. The van der Waals surface area contributed by atoms with Crippen LogP contribution in [0, 0.1) is 0 Å². The summed E-state index contributed by atoms with van der Waals surface area (Å²) in [6.07, 6.45) is 0.764. The smallest absolute Gasteiger partial charge is 0.349 e. The molecule has 1 saturated carbocycles. The molecule has 3 fully saturated rings. The second-order valence-electron chi connectivity index (χ2n) is 6.89. The summed E-state index contributed by atoms with van der Waals surface area (Å²) in [6.45, 7) is 1.42. The van der Waals surface area contributed by atoms with Gasteiger partial charge >= 0.3 is 13.5 Å². The van der Waals surface area contributed by atoms with Crippen molar-refractivity contribution in [2.75, 3.05) is 6.61 Å². The molecule has 4 rings (SSSR count). The van der Waals surface area contributed by atoms with Gasteiger partial charge in [0.25, 0.3) is 5.56 Å². The largest absolute Gasteiger partial charge is 0.475 e. The standard InChI is InChI=1S/C14H18N5O7P/c1-14(17-18-15)11-9(7-23-27(22,26-11)25-8-3-2-4-8)24-12(14)19-6-5-10(20)16-13(19)21/h5-6,8-9,11-12H,2-4,7H2,1H3,(H,16,20,21)/t9-,11?,12-,14-,27+/m1/s1. The minimum Gasteiger partial charge on any atom is -0.349 e. The van der Waals surface area contributed by atoms with Crippen LogP contribution in [0.25, 0.3) is 10.4 Å². The number of H-pyrrole nitrogens is 1. The molecule has 0 spiro atoms. The molecule has 3 aliphatic rings. The minimum atomic E-state index is -3.85. The Labute approximate surface area is 152 Å². The van der Waals surface area contributed by atoms with E-state index >= 15 is 0 Å². The Bertz CT molecular complexity index is 952. The molecular weight excluding hydrogens is 381 g/mol. The number of aromatic amines is 1. The summed E-state index contributed by atoms with van der Waals surface area (Å²) >= 11 is 0. The predicted octanol–water partition coefficient (Wildman–Crippen LogP) is 1.60. The quantitative estimate of drug-likeness (QED) is 0.348. The van der Waals surface area contributed by atoms with E-state index in [1.54, 1.807) is 0 Å². The highest BCUT2D eigenvalue weighted by Crippen LogP contribution is 2.61. The molecule has 1 aromatic heterocycles. The summed E-state index contributed by atoms with van der Waals surface area (Å²) in [4.78, 5) is 28.5. The fourth-order valence-electron chi connectivity index (χ4n) is 3.40. The maximum Gasteiger partial charge on any atom is 0.475 e. The molecule has 5 atom stereocenters. The summed E-state index contributed by atoms with van der Waals surface area (Å²) in [5, 5.41) is 3.79. The predicted molar refractivity (Wildman–Crippen MR) is 89.9 cm³/mol. The molecule has 0 bridgehead atoms. The van der Waals surface area contributed by atoms with Gasteiger partial charge in [-0.2, -0.15) is 0 Å². The van der Waals surface area contributed by atoms with E-state index < -0.39 is 43.0 Å². The van der Waals surface area contributed by atoms with E-state index in [1.807, 2.05) is 0 Å². The lowest BCUT2D eigenvalue weighted by molar-refractivity contribution is -0.0800. The zero-order valence-corrected chi connectivity index (χ0v) is 15.3. The maximum atomic E-state index is 12.9. The van der Waals surface area contributed by atoms with Gasteiger partial charge in [-0.25, -0.2) is 9.36 Å². The molecule has 13 heteroatoms. The van der Waals surface area contributed by atoms with Crippen molar-refractivity contribution in [2.24, 2.45) is 5.11 Å². The van der Waals surface area contributed by atoms with E-state index in [1.165, 1.54) is 13.1 Å². The van der Waals surface area contributed by atoms with E-state index in [2.05, 4.69) is 15.0 Å². The summed E-state index contributed by atoms with van der Waals surface area (Å²) in [7, 11) is -3.85. The molecule has 0 radical (unpaired) electrons. The number of hydrogen-bond donors (Lipinski definition) is 1. The number of phosphoric acid groups is 1. The van der Waals surface area contributed by atoms with Crippen LogP contribution in [0.5, 0.6) is 0 Å². The molecule has 0 amide bonds. The highest BCUT2D eigenvalue weighted by molar-refractivity contribution is 7.48. The van der Waals surface area contributed by atoms with Gasteiger partial charge in [0.05, 0.1) is 12.7 Å². The summed E-state index contributed by atoms with van der Waals surface area (Å²) in [5.74, 6) is 0. The Morgan fingerprint density at radius 3 is 2.89 bits per heavy atom. The Morgan fingerprint density at radius 1 is 1.48 bits per heavy atom. The van der Waals surface area contributed by atoms with Crippen LogP contribution in [-0.4, -0.2) is 40.0 Å². The molecule has 2 aliphatic heterocycles. The molecule has 12 nitrogen and oxygen atoms in total. The first kappa shape index (κ1) is 18.4. The van der Waals surface area contributed by atoms with Crippen LogP contribution in [0.1, 0.15) is 32.4 Å². The Kier molecular flexibility index (Phi) is 4.50. The van der Waals surface area contributed by atoms with Crippen LogP contribution in [0.2, 0.25) is 0 Å². The monoisotopic (exact) mass is 399 g/mol. The van der Waals surface area contributed by atoms with Crippen LogP contribution in [0.4, 0.5) is 0 Å². The zero-order chi connectivity index (χ0) is 19.2. The molecule has 1 aromatic rings. The molecule has 0 aromatic carbocycles. The van der Waals surface area contributed by atoms with Crippen molar-refractivity contribution in [1.29, 1.82) is 0 Å². The minimum absolute atomic E-state index is 0.111. The maximum absolute atomic E-state index is 12.9. The number of ether oxygens (including phenoxy) is 1. The van der Waals surface area contributed by atoms with Crippen molar-refractivity contribution >= 4 is 7.82 Å². The molecule has 1 aliphatic carbocycles. The fraction of sp³-hybridized carbons (Fsp3) is 0.714. The number of rotatable bonds is 4. The van der Waals surface area contributed by atoms with Gasteiger partial charge in [-0.05, 0) is 31.7 Å². The Hall–Kier alpha value is -1.94. The zero-order valence-electron chi connectivity index (χ0n) is 14.4. The van der Waals surface area contributed by atoms with Crippen LogP contribution in [0.15, 0.2) is 27.0 Å². The van der Waals surface area contributed by atoms with Gasteiger partial charge in [0.15, 0.2) is 6.23 Å². The van der Waals surface area contributed by atoms with E-state index in [0.717, 1.165) is 29.9 Å². The third-order valence-electron chi connectivity index (χ3n) is 5.05. The molecule has 3 heterocycles. The summed E-state index contributed by atoms with van der Waals surface area (Å²) in [6, 6.07) is 1.14. The van der Waals surface area contributed by atoms with Gasteiger partial charge in [0.2, 0.25) is 0 Å². The number of hydrogen-bond acceptors (Lipinski definition) is 8. The third-order valence-corrected chi connectivity index (χ3v) is 6.56. The number of nitrogens with one attached hydrogen (secondary N) is 1. The lowest BCUT2D eigenvalue weighted by Gasteiger charge is -2.37. The summed E-state index contributed by atoms with van der Waals surface area (Å²) < 4.78 is 36.2. The van der Waals surface area contributed by atoms with Crippen molar-refractivity contribution in [3.8, 4) is 0 Å². The van der Waals surface area contributed by atoms with Crippen LogP contribution >= 0.6 is 7.82 Å². The van der Waals surface area contributed by atoms with Crippen LogP contribution < -0.4 is 11.2 Å². The van der Waals surface area contributed by atoms with E-state index in [-0.39, 0.29) is 12.7 Å². The van der Waals surface area contributed by atoms with Crippen LogP contribution in [-0.2, 0) is 22.9 Å². The van der Waals surface area contributed by atoms with E-state index in [0.29, 0.717) is 0 Å². The molecular formula is C14H18N5O7P. The van der Waals surface area contributed by atoms with Gasteiger partial charge in [0.1, 0.15) is 17.7 Å². The topological polar surface area (TPSA) is 158 Å². The van der Waals surface area contributed by atoms with Crippen molar-refractivity contribution < 1.29 is 22.9 Å². The molecule has 1 N–H and O–H groups in total. The van der Waals surface area contributed by atoms with Crippen molar-refractivity contribution in [3.05, 3.63) is 43.5 Å². The second-order valence-corrected chi connectivity index (χ2v) is 8.46. The first-order valence-corrected chi connectivity index (χ1v) is 9.95. The number of nitrogens with zero attached hydrogens (tertiary/aromatic N) is 4. The lowest BCUT2D eigenvalue weighted by atomic mass is 9.93. The van der Waals surface area contributed by atoms with Crippen molar-refractivity contribution in [3.63, 3.8) is 0 Å². The van der Waals surface area contributed by atoms with Gasteiger partial charge in [0, 0.05) is 17.2 Å². The average Bonchev–Trinajstić information content (AvgIpc) is 2.84. The van der Waals surface area contributed by atoms with Crippen molar-refractivity contribution in [1.82, 2.24) is 9.55 Å². The number of aromatic nitrogens is 2. The van der Waals surface area contributed by atoms with Crippen molar-refractivity contribution in [2.45, 2.75) is 56.3 Å². The first-order chi connectivity index (χ1) is 12.8. The third kappa shape index (κ3) is 3.14. The fourth-order valence-corrected chi connectivity index (χ4v) is 5.11. The average molecular weight is 399 g/mol. The first-order valence-electron chi connectivity index (χ1n) is 8.49. The molecule has 27 heavy (non-hydrogen) atoms. The van der Waals surface area contributed by atoms with Gasteiger partial charge < -0.3 is 4.74 Å². The summed E-state index contributed by atoms with van der Waals surface area (Å²) in [5.41, 5.74) is 6.32. The second kappa shape index (κ2) is 6.59. The Morgan fingerprint density at radius 2 is 2.26 bits per heavy atom. The highest BCUT2D eigenvalue weighted by atomic mass is 31.2. The number of azide groups is 1.